The summed E-state index contributed by atoms with van der Waals surface area (Å²) >= 11 is 0. The SMILES string of the molecule is Cc1cc(O)ccc1NC(=O)CCCS(C)(=O)=O. The standard InChI is InChI=1S/C12H17NO4S/c1-9-8-10(14)5-6-11(9)13-12(15)4-3-7-18(2,16)17/h5-6,8,14H,3-4,7H2,1-2H3,(H,13,15). The average molecular weight is 271 g/mol. The van der Waals surface area contributed by atoms with E-state index >= 15 is 0 Å². The van der Waals surface area contributed by atoms with Gasteiger partial charge in [0, 0.05) is 18.4 Å². The summed E-state index contributed by atoms with van der Waals surface area (Å²) in [5.74, 6) is -0.0790. The Labute approximate surface area is 107 Å². The molecule has 0 aromatic heterocycles. The van der Waals surface area contributed by atoms with Gasteiger partial charge in [-0.3, -0.25) is 4.79 Å². The first-order chi connectivity index (χ1) is 8.28. The first-order valence-corrected chi connectivity index (χ1v) is 7.61. The number of sulfone groups is 1. The van der Waals surface area contributed by atoms with Crippen molar-refractivity contribution >= 4 is 21.4 Å². The first-order valence-electron chi connectivity index (χ1n) is 5.55. The summed E-state index contributed by atoms with van der Waals surface area (Å²) in [6.45, 7) is 1.77. The highest BCUT2D eigenvalue weighted by atomic mass is 32.2. The normalized spacial score (nSPS) is 11.2. The van der Waals surface area contributed by atoms with E-state index in [1.807, 2.05) is 0 Å². The molecular formula is C12H17NO4S. The van der Waals surface area contributed by atoms with Gasteiger partial charge in [0.2, 0.25) is 5.91 Å². The molecule has 0 saturated heterocycles. The lowest BCUT2D eigenvalue weighted by Crippen LogP contribution is -2.14. The number of rotatable bonds is 5. The molecule has 2 N–H and O–H groups in total. The molecule has 0 unspecified atom stereocenters. The van der Waals surface area contributed by atoms with E-state index in [0.717, 1.165) is 11.8 Å². The highest BCUT2D eigenvalue weighted by Gasteiger charge is 2.07. The second-order valence-electron chi connectivity index (χ2n) is 4.28. The van der Waals surface area contributed by atoms with Crippen molar-refractivity contribution in [1.82, 2.24) is 0 Å². The maximum atomic E-state index is 11.6. The van der Waals surface area contributed by atoms with Crippen molar-refractivity contribution < 1.29 is 18.3 Å². The number of amides is 1. The molecule has 6 heteroatoms. The zero-order valence-corrected chi connectivity index (χ0v) is 11.3. The van der Waals surface area contributed by atoms with Gasteiger partial charge in [-0.1, -0.05) is 0 Å². The predicted molar refractivity (Wildman–Crippen MR) is 70.4 cm³/mol. The molecule has 0 aliphatic heterocycles. The summed E-state index contributed by atoms with van der Waals surface area (Å²) in [6.07, 6.45) is 1.62. The summed E-state index contributed by atoms with van der Waals surface area (Å²) in [6, 6.07) is 4.64. The van der Waals surface area contributed by atoms with Gasteiger partial charge < -0.3 is 10.4 Å². The third-order valence-corrected chi connectivity index (χ3v) is 3.43. The maximum Gasteiger partial charge on any atom is 0.224 e. The summed E-state index contributed by atoms with van der Waals surface area (Å²) in [5.41, 5.74) is 1.38. The summed E-state index contributed by atoms with van der Waals surface area (Å²) in [4.78, 5) is 11.6. The molecule has 1 amide bonds. The molecule has 18 heavy (non-hydrogen) atoms. The minimum atomic E-state index is -3.02. The van der Waals surface area contributed by atoms with E-state index in [2.05, 4.69) is 5.32 Å². The fourth-order valence-corrected chi connectivity index (χ4v) is 2.16. The third-order valence-electron chi connectivity index (χ3n) is 2.40. The molecule has 1 aromatic rings. The Balaban J connectivity index is 2.50. The number of aromatic hydroxyl groups is 1. The van der Waals surface area contributed by atoms with Gasteiger partial charge in [-0.15, -0.1) is 0 Å². The number of aryl methyl sites for hydroxylation is 1. The zero-order chi connectivity index (χ0) is 13.8. The Morgan fingerprint density at radius 3 is 2.61 bits per heavy atom. The number of phenolic OH excluding ortho intramolecular Hbond substituents is 1. The number of hydrogen-bond acceptors (Lipinski definition) is 4. The maximum absolute atomic E-state index is 11.6. The van der Waals surface area contributed by atoms with Crippen LogP contribution in [0, 0.1) is 6.92 Å². The van der Waals surface area contributed by atoms with Gasteiger partial charge in [-0.25, -0.2) is 8.42 Å². The summed E-state index contributed by atoms with van der Waals surface area (Å²) < 4.78 is 21.8. The Hall–Kier alpha value is -1.56. The lowest BCUT2D eigenvalue weighted by molar-refractivity contribution is -0.116. The van der Waals surface area contributed by atoms with Crippen molar-refractivity contribution in [2.45, 2.75) is 19.8 Å². The second-order valence-corrected chi connectivity index (χ2v) is 6.54. The van der Waals surface area contributed by atoms with Crippen LogP contribution in [0.1, 0.15) is 18.4 Å². The number of phenols is 1. The van der Waals surface area contributed by atoms with Crippen molar-refractivity contribution in [3.63, 3.8) is 0 Å². The first kappa shape index (κ1) is 14.5. The quantitative estimate of drug-likeness (QED) is 0.794. The van der Waals surface area contributed by atoms with Crippen molar-refractivity contribution in [2.24, 2.45) is 0 Å². The number of anilines is 1. The Morgan fingerprint density at radius 2 is 2.06 bits per heavy atom. The Kier molecular flexibility index (Phi) is 4.72. The molecule has 1 rings (SSSR count). The second kappa shape index (κ2) is 5.86. The molecule has 0 atom stereocenters. The fourth-order valence-electron chi connectivity index (χ4n) is 1.50. The number of hydrogen-bond donors (Lipinski definition) is 2. The molecular weight excluding hydrogens is 254 g/mol. The van der Waals surface area contributed by atoms with E-state index in [0.29, 0.717) is 12.1 Å². The van der Waals surface area contributed by atoms with E-state index in [1.165, 1.54) is 6.07 Å². The molecule has 100 valence electrons. The van der Waals surface area contributed by atoms with Crippen LogP contribution in [0.15, 0.2) is 18.2 Å². The molecule has 0 aliphatic rings. The number of carbonyl (C=O) groups excluding carboxylic acids is 1. The highest BCUT2D eigenvalue weighted by molar-refractivity contribution is 7.90. The molecule has 0 radical (unpaired) electrons. The van der Waals surface area contributed by atoms with E-state index in [-0.39, 0.29) is 23.8 Å². The molecule has 0 fully saturated rings. The lowest BCUT2D eigenvalue weighted by Gasteiger charge is -2.08. The van der Waals surface area contributed by atoms with Crippen molar-refractivity contribution in [3.05, 3.63) is 23.8 Å². The van der Waals surface area contributed by atoms with Gasteiger partial charge in [0.25, 0.3) is 0 Å². The fraction of sp³-hybridized carbons (Fsp3) is 0.417. The molecule has 0 aliphatic carbocycles. The van der Waals surface area contributed by atoms with E-state index < -0.39 is 9.84 Å². The van der Waals surface area contributed by atoms with Crippen molar-refractivity contribution in [3.8, 4) is 5.75 Å². The molecule has 0 bridgehead atoms. The third kappa shape index (κ3) is 5.18. The summed E-state index contributed by atoms with van der Waals surface area (Å²) in [5, 5.41) is 11.9. The zero-order valence-electron chi connectivity index (χ0n) is 10.4. The summed E-state index contributed by atoms with van der Waals surface area (Å²) in [7, 11) is -3.02. The molecule has 5 nitrogen and oxygen atoms in total. The van der Waals surface area contributed by atoms with Gasteiger partial charge in [-0.2, -0.15) is 0 Å². The minimum Gasteiger partial charge on any atom is -0.508 e. The van der Waals surface area contributed by atoms with Gasteiger partial charge in [-0.05, 0) is 37.1 Å². The number of nitrogens with one attached hydrogen (secondary N) is 1. The largest absolute Gasteiger partial charge is 0.508 e. The Bertz CT molecular complexity index is 537. The Morgan fingerprint density at radius 1 is 1.39 bits per heavy atom. The lowest BCUT2D eigenvalue weighted by atomic mass is 10.2. The van der Waals surface area contributed by atoms with Crippen LogP contribution in [0.25, 0.3) is 0 Å². The molecule has 0 spiro atoms. The van der Waals surface area contributed by atoms with Gasteiger partial charge in [0.05, 0.1) is 5.75 Å². The average Bonchev–Trinajstić information content (AvgIpc) is 2.20. The molecule has 0 saturated carbocycles. The van der Waals surface area contributed by atoms with Gasteiger partial charge in [0.15, 0.2) is 0 Å². The number of benzene rings is 1. The predicted octanol–water partition coefficient (Wildman–Crippen LogP) is 1.46. The van der Waals surface area contributed by atoms with Crippen LogP contribution < -0.4 is 5.32 Å². The minimum absolute atomic E-state index is 0.00891. The van der Waals surface area contributed by atoms with E-state index in [1.54, 1.807) is 19.1 Å². The highest BCUT2D eigenvalue weighted by Crippen LogP contribution is 2.20. The van der Waals surface area contributed by atoms with Crippen LogP contribution in [0.3, 0.4) is 0 Å². The molecule has 0 heterocycles. The van der Waals surface area contributed by atoms with Crippen molar-refractivity contribution in [2.75, 3.05) is 17.3 Å². The van der Waals surface area contributed by atoms with E-state index in [4.69, 9.17) is 0 Å². The van der Waals surface area contributed by atoms with Crippen molar-refractivity contribution in [1.29, 1.82) is 0 Å². The van der Waals surface area contributed by atoms with Gasteiger partial charge in [0.1, 0.15) is 15.6 Å². The van der Waals surface area contributed by atoms with Crippen LogP contribution in [-0.2, 0) is 14.6 Å². The van der Waals surface area contributed by atoms with Crippen LogP contribution in [0.2, 0.25) is 0 Å². The number of carbonyl (C=O) groups is 1. The smallest absolute Gasteiger partial charge is 0.224 e. The van der Waals surface area contributed by atoms with Crippen LogP contribution >= 0.6 is 0 Å². The van der Waals surface area contributed by atoms with Crippen LogP contribution in [-0.4, -0.2) is 31.4 Å². The molecule has 1 aromatic carbocycles. The topological polar surface area (TPSA) is 83.5 Å². The van der Waals surface area contributed by atoms with Gasteiger partial charge >= 0.3 is 0 Å². The van der Waals surface area contributed by atoms with Crippen LogP contribution in [0.4, 0.5) is 5.69 Å². The monoisotopic (exact) mass is 271 g/mol. The van der Waals surface area contributed by atoms with E-state index in [9.17, 15) is 18.3 Å². The van der Waals surface area contributed by atoms with Crippen LogP contribution in [0.5, 0.6) is 5.75 Å².